The quantitative estimate of drug-likeness (QED) is 0.222. The number of para-hydroxylation sites is 2. The molecule has 0 fully saturated rings. The van der Waals surface area contributed by atoms with Crippen LogP contribution in [0.1, 0.15) is 35.8 Å². The molecule has 0 aliphatic heterocycles. The Morgan fingerprint density at radius 1 is 1.30 bits per heavy atom. The maximum absolute atomic E-state index is 13.5. The number of fused-ring (bicyclic) bond motifs is 1. The Labute approximate surface area is 165 Å². The van der Waals surface area contributed by atoms with Crippen molar-refractivity contribution in [3.05, 3.63) is 67.5 Å². The number of non-ortho nitro benzene ring substituents is 1. The van der Waals surface area contributed by atoms with Gasteiger partial charge in [0.1, 0.15) is 0 Å². The topological polar surface area (TPSA) is 87.3 Å². The van der Waals surface area contributed by atoms with Crippen LogP contribution in [0.2, 0.25) is 0 Å². The van der Waals surface area contributed by atoms with E-state index in [4.69, 9.17) is 4.74 Å². The smallest absolute Gasteiger partial charge is 0.340 e. The van der Waals surface area contributed by atoms with E-state index in [9.17, 15) is 23.7 Å². The van der Waals surface area contributed by atoms with Gasteiger partial charge in [0, 0.05) is 15.7 Å². The van der Waals surface area contributed by atoms with Crippen molar-refractivity contribution >= 4 is 45.3 Å². The summed E-state index contributed by atoms with van der Waals surface area (Å²) in [7, 11) is 0. The molecule has 3 rings (SSSR count). The second-order valence-electron chi connectivity index (χ2n) is 5.58. The molecule has 2 aromatic carbocycles. The van der Waals surface area contributed by atoms with Crippen LogP contribution < -0.4 is 0 Å². The highest BCUT2D eigenvalue weighted by molar-refractivity contribution is 14.1. The monoisotopic (exact) mass is 487 g/mol. The van der Waals surface area contributed by atoms with Gasteiger partial charge < -0.3 is 4.74 Å². The second-order valence-corrected chi connectivity index (χ2v) is 6.74. The first kappa shape index (κ1) is 19.1. The van der Waals surface area contributed by atoms with Gasteiger partial charge in [-0.05, 0) is 47.7 Å². The first-order chi connectivity index (χ1) is 12.8. The molecule has 0 N–H and O–H groups in total. The molecule has 1 atom stereocenters. The molecular formula is C17H12F2IN3O4. The summed E-state index contributed by atoms with van der Waals surface area (Å²) in [5, 5.41) is 10.9. The summed E-state index contributed by atoms with van der Waals surface area (Å²) < 4.78 is 33.5. The van der Waals surface area contributed by atoms with Crippen molar-refractivity contribution in [2.75, 3.05) is 0 Å². The molecule has 1 unspecified atom stereocenters. The third kappa shape index (κ3) is 3.75. The van der Waals surface area contributed by atoms with E-state index < -0.39 is 23.5 Å². The van der Waals surface area contributed by atoms with E-state index in [1.807, 2.05) is 22.6 Å². The number of hydrogen-bond acceptors (Lipinski definition) is 5. The van der Waals surface area contributed by atoms with Crippen LogP contribution in [0.15, 0.2) is 42.5 Å². The van der Waals surface area contributed by atoms with Crippen LogP contribution in [0.5, 0.6) is 0 Å². The van der Waals surface area contributed by atoms with Crippen molar-refractivity contribution in [1.29, 1.82) is 0 Å². The van der Waals surface area contributed by atoms with Gasteiger partial charge in [0.25, 0.3) is 5.69 Å². The van der Waals surface area contributed by atoms with Crippen molar-refractivity contribution in [1.82, 2.24) is 9.55 Å². The number of aromatic nitrogens is 2. The summed E-state index contributed by atoms with van der Waals surface area (Å²) in [5.41, 5.74) is 0.280. The normalized spacial score (nSPS) is 12.3. The maximum atomic E-state index is 13.5. The zero-order chi connectivity index (χ0) is 19.7. The van der Waals surface area contributed by atoms with Crippen molar-refractivity contribution in [2.24, 2.45) is 0 Å². The lowest BCUT2D eigenvalue weighted by Crippen LogP contribution is -2.15. The molecule has 27 heavy (non-hydrogen) atoms. The number of carbonyl (C=O) groups excluding carboxylic acids is 1. The van der Waals surface area contributed by atoms with E-state index in [-0.39, 0.29) is 22.6 Å². The Morgan fingerprint density at radius 2 is 2.00 bits per heavy atom. The number of carbonyl (C=O) groups is 1. The van der Waals surface area contributed by atoms with Crippen LogP contribution in [0, 0.1) is 13.7 Å². The summed E-state index contributed by atoms with van der Waals surface area (Å²) in [6.07, 6.45) is -1.09. The molecule has 0 spiro atoms. The van der Waals surface area contributed by atoms with E-state index >= 15 is 0 Å². The molecule has 1 heterocycles. The van der Waals surface area contributed by atoms with Gasteiger partial charge >= 0.3 is 12.5 Å². The number of benzene rings is 2. The molecule has 10 heteroatoms. The Morgan fingerprint density at radius 3 is 2.67 bits per heavy atom. The molecule has 0 saturated carbocycles. The molecule has 0 saturated heterocycles. The first-order valence-corrected chi connectivity index (χ1v) is 8.77. The molecule has 1 aromatic heterocycles. The summed E-state index contributed by atoms with van der Waals surface area (Å²) >= 11 is 1.84. The molecule has 3 aromatic rings. The molecule has 140 valence electrons. The fourth-order valence-corrected chi connectivity index (χ4v) is 3.17. The van der Waals surface area contributed by atoms with Gasteiger partial charge in [-0.25, -0.2) is 9.78 Å². The number of alkyl halides is 2. The van der Waals surface area contributed by atoms with Gasteiger partial charge in [0.05, 0.1) is 21.5 Å². The maximum Gasteiger partial charge on any atom is 0.340 e. The Kier molecular flexibility index (Phi) is 5.35. The van der Waals surface area contributed by atoms with Crippen molar-refractivity contribution < 1.29 is 23.2 Å². The number of ether oxygens (including phenoxy) is 1. The number of nitrogens with zero attached hydrogens (tertiary/aromatic N) is 3. The predicted molar refractivity (Wildman–Crippen MR) is 101 cm³/mol. The lowest BCUT2D eigenvalue weighted by Gasteiger charge is -2.15. The number of imidazole rings is 1. The summed E-state index contributed by atoms with van der Waals surface area (Å²) in [4.78, 5) is 26.9. The average Bonchev–Trinajstić information content (AvgIpc) is 3.01. The SMILES string of the molecule is CC(OC(=O)c1cc([N+](=O)[O-])ccc1I)c1nc2ccccc2n1C(F)F. The third-order valence-corrected chi connectivity index (χ3v) is 4.79. The molecule has 0 radical (unpaired) electrons. The molecule has 0 bridgehead atoms. The van der Waals surface area contributed by atoms with E-state index in [2.05, 4.69) is 4.98 Å². The Balaban J connectivity index is 1.94. The summed E-state index contributed by atoms with van der Waals surface area (Å²) in [6, 6.07) is 10.1. The molecule has 0 aliphatic carbocycles. The van der Waals surface area contributed by atoms with Gasteiger partial charge in [0.2, 0.25) is 0 Å². The zero-order valence-corrected chi connectivity index (χ0v) is 16.0. The summed E-state index contributed by atoms with van der Waals surface area (Å²) in [6.45, 7) is -1.45. The minimum Gasteiger partial charge on any atom is -0.451 e. The van der Waals surface area contributed by atoms with Gasteiger partial charge in [-0.2, -0.15) is 8.78 Å². The lowest BCUT2D eigenvalue weighted by atomic mass is 10.2. The van der Waals surface area contributed by atoms with E-state index in [0.29, 0.717) is 13.7 Å². The van der Waals surface area contributed by atoms with Crippen LogP contribution in [0.4, 0.5) is 14.5 Å². The minimum atomic E-state index is -2.87. The van der Waals surface area contributed by atoms with Gasteiger partial charge in [-0.1, -0.05) is 12.1 Å². The van der Waals surface area contributed by atoms with Crippen LogP contribution in [0.25, 0.3) is 11.0 Å². The van der Waals surface area contributed by atoms with E-state index in [1.54, 1.807) is 18.2 Å². The fourth-order valence-electron chi connectivity index (χ4n) is 2.61. The molecule has 0 amide bonds. The van der Waals surface area contributed by atoms with E-state index in [1.165, 1.54) is 25.1 Å². The van der Waals surface area contributed by atoms with Crippen molar-refractivity contribution in [3.63, 3.8) is 0 Å². The number of rotatable bonds is 5. The van der Waals surface area contributed by atoms with Gasteiger partial charge in [0.15, 0.2) is 11.9 Å². The van der Waals surface area contributed by atoms with Crippen LogP contribution >= 0.6 is 22.6 Å². The summed E-state index contributed by atoms with van der Waals surface area (Å²) in [5.74, 6) is -0.969. The van der Waals surface area contributed by atoms with Crippen LogP contribution in [0.3, 0.4) is 0 Å². The lowest BCUT2D eigenvalue weighted by molar-refractivity contribution is -0.384. The number of nitro benzene ring substituents is 1. The standard InChI is InChI=1S/C17H12F2IN3O4/c1-9(15-21-13-4-2-3-5-14(13)22(15)17(18)19)27-16(24)11-8-10(23(25)26)6-7-12(11)20/h2-9,17H,1H3. The largest absolute Gasteiger partial charge is 0.451 e. The molecule has 7 nitrogen and oxygen atoms in total. The van der Waals surface area contributed by atoms with E-state index in [0.717, 1.165) is 6.07 Å². The number of nitro groups is 1. The molecule has 0 aliphatic rings. The average molecular weight is 487 g/mol. The fraction of sp³-hybridized carbons (Fsp3) is 0.176. The third-order valence-electron chi connectivity index (χ3n) is 3.85. The highest BCUT2D eigenvalue weighted by atomic mass is 127. The number of esters is 1. The highest BCUT2D eigenvalue weighted by Gasteiger charge is 2.26. The predicted octanol–water partition coefficient (Wildman–Crippen LogP) is 4.86. The van der Waals surface area contributed by atoms with Crippen molar-refractivity contribution in [2.45, 2.75) is 19.6 Å². The van der Waals surface area contributed by atoms with Crippen molar-refractivity contribution in [3.8, 4) is 0 Å². The van der Waals surface area contributed by atoms with Crippen LogP contribution in [-0.2, 0) is 4.74 Å². The van der Waals surface area contributed by atoms with Gasteiger partial charge in [-0.3, -0.25) is 14.7 Å². The Bertz CT molecular complexity index is 1040. The van der Waals surface area contributed by atoms with Gasteiger partial charge in [-0.15, -0.1) is 0 Å². The number of hydrogen-bond donors (Lipinski definition) is 0. The Hall–Kier alpha value is -2.63. The number of halogens is 3. The highest BCUT2D eigenvalue weighted by Crippen LogP contribution is 2.29. The first-order valence-electron chi connectivity index (χ1n) is 7.69. The minimum absolute atomic E-state index is 0.0173. The van der Waals surface area contributed by atoms with Crippen LogP contribution in [-0.4, -0.2) is 20.4 Å². The molecular weight excluding hydrogens is 475 g/mol. The zero-order valence-electron chi connectivity index (χ0n) is 13.8. The second kappa shape index (κ2) is 7.55.